The monoisotopic (exact) mass is 399 g/mol. The van der Waals surface area contributed by atoms with Gasteiger partial charge >= 0.3 is 0 Å². The lowest BCUT2D eigenvalue weighted by Crippen LogP contribution is -2.43. The lowest BCUT2D eigenvalue weighted by Gasteiger charge is -2.52. The number of hydrogen-bond acceptors (Lipinski definition) is 1. The first-order valence-corrected chi connectivity index (χ1v) is 12.1. The van der Waals surface area contributed by atoms with E-state index in [1.54, 1.807) is 11.1 Å². The Hall–Kier alpha value is -1.94. The highest BCUT2D eigenvalue weighted by Crippen LogP contribution is 2.65. The van der Waals surface area contributed by atoms with Gasteiger partial charge in [-0.3, -0.25) is 0 Å². The van der Waals surface area contributed by atoms with Gasteiger partial charge in [-0.15, -0.1) is 5.92 Å². The molecule has 1 nitrogen and oxygen atoms in total. The zero-order valence-electron chi connectivity index (χ0n) is 19.3. The van der Waals surface area contributed by atoms with E-state index in [9.17, 15) is 0 Å². The zero-order chi connectivity index (χ0) is 20.9. The Morgan fingerprint density at radius 2 is 1.83 bits per heavy atom. The van der Waals surface area contributed by atoms with Crippen LogP contribution in [0.3, 0.4) is 0 Å². The van der Waals surface area contributed by atoms with Crippen LogP contribution >= 0.6 is 0 Å². The van der Waals surface area contributed by atoms with Crippen LogP contribution in [0.15, 0.2) is 47.1 Å². The van der Waals surface area contributed by atoms with Crippen LogP contribution < -0.4 is 4.90 Å². The van der Waals surface area contributed by atoms with Crippen molar-refractivity contribution in [1.82, 2.24) is 0 Å². The van der Waals surface area contributed by atoms with Crippen LogP contribution in [0.2, 0.25) is 0 Å². The second kappa shape index (κ2) is 7.64. The number of rotatable bonds is 2. The molecule has 0 aliphatic heterocycles. The predicted octanol–water partition coefficient (Wildman–Crippen LogP) is 7.11. The van der Waals surface area contributed by atoms with Gasteiger partial charge in [-0.05, 0) is 104 Å². The summed E-state index contributed by atoms with van der Waals surface area (Å²) >= 11 is 0. The number of fused-ring (bicyclic) bond motifs is 4. The van der Waals surface area contributed by atoms with Gasteiger partial charge in [-0.2, -0.15) is 0 Å². The SMILES string of the molecule is CC#C[C@@H]1CC[C@H]2[C@@H]3CCC4=CCCCC4=C3[C@@H](c3ccc(N(C)C)cc3)C[C@]12C. The van der Waals surface area contributed by atoms with Crippen molar-refractivity contribution in [1.29, 1.82) is 0 Å². The van der Waals surface area contributed by atoms with Crippen molar-refractivity contribution < 1.29 is 0 Å². The van der Waals surface area contributed by atoms with Gasteiger partial charge in [-0.25, -0.2) is 0 Å². The van der Waals surface area contributed by atoms with Gasteiger partial charge in [0.2, 0.25) is 0 Å². The van der Waals surface area contributed by atoms with Gasteiger partial charge in [0.1, 0.15) is 0 Å². The van der Waals surface area contributed by atoms with E-state index < -0.39 is 0 Å². The van der Waals surface area contributed by atoms with E-state index in [1.165, 1.54) is 62.6 Å². The van der Waals surface area contributed by atoms with Crippen LogP contribution in [0.1, 0.15) is 76.7 Å². The number of benzene rings is 1. The van der Waals surface area contributed by atoms with Crippen molar-refractivity contribution in [2.75, 3.05) is 19.0 Å². The van der Waals surface area contributed by atoms with E-state index in [4.69, 9.17) is 0 Å². The molecule has 2 saturated carbocycles. The number of anilines is 1. The minimum Gasteiger partial charge on any atom is -0.378 e. The summed E-state index contributed by atoms with van der Waals surface area (Å²) in [6.07, 6.45) is 13.1. The van der Waals surface area contributed by atoms with Gasteiger partial charge in [0.05, 0.1) is 0 Å². The zero-order valence-corrected chi connectivity index (χ0v) is 19.3. The summed E-state index contributed by atoms with van der Waals surface area (Å²) in [5.74, 6) is 9.68. The first-order chi connectivity index (χ1) is 14.5. The van der Waals surface area contributed by atoms with E-state index in [0.29, 0.717) is 17.3 Å². The molecule has 0 unspecified atom stereocenters. The highest BCUT2D eigenvalue weighted by Gasteiger charge is 2.56. The molecule has 0 bridgehead atoms. The standard InChI is InChI=1S/C29H37N/c1-5-8-22-14-18-27-25-17-13-20-9-6-7-10-24(20)28(25)26(19-29(22,27)2)21-11-15-23(16-12-21)30(3)4/h9,11-12,15-16,22,25-27H,6-7,10,13-14,17-19H2,1-4H3/t22-,25+,26-,27+,29-/m1/s1. The quantitative estimate of drug-likeness (QED) is 0.479. The van der Waals surface area contributed by atoms with E-state index in [-0.39, 0.29) is 0 Å². The molecule has 5 atom stereocenters. The molecule has 0 N–H and O–H groups in total. The molecule has 1 aromatic rings. The smallest absolute Gasteiger partial charge is 0.0361 e. The largest absolute Gasteiger partial charge is 0.378 e. The molecule has 0 heterocycles. The first kappa shape index (κ1) is 20.0. The number of nitrogens with zero attached hydrogens (tertiary/aromatic N) is 1. The molecule has 1 aromatic carbocycles. The van der Waals surface area contributed by atoms with Crippen molar-refractivity contribution in [3.63, 3.8) is 0 Å². The van der Waals surface area contributed by atoms with Crippen LogP contribution in [-0.2, 0) is 0 Å². The van der Waals surface area contributed by atoms with Crippen molar-refractivity contribution in [2.45, 2.75) is 71.1 Å². The summed E-state index contributed by atoms with van der Waals surface area (Å²) < 4.78 is 0. The normalized spacial score (nSPS) is 34.9. The summed E-state index contributed by atoms with van der Waals surface area (Å²) in [6, 6.07) is 9.49. The lowest BCUT2D eigenvalue weighted by atomic mass is 9.52. The first-order valence-electron chi connectivity index (χ1n) is 12.1. The Kier molecular flexibility index (Phi) is 5.09. The fourth-order valence-corrected chi connectivity index (χ4v) is 7.48. The van der Waals surface area contributed by atoms with Crippen LogP contribution in [-0.4, -0.2) is 14.1 Å². The van der Waals surface area contributed by atoms with Crippen LogP contribution in [0, 0.1) is 35.0 Å². The molecular formula is C29H37N. The highest BCUT2D eigenvalue weighted by atomic mass is 15.1. The molecule has 4 aliphatic carbocycles. The van der Waals surface area contributed by atoms with Gasteiger partial charge < -0.3 is 4.90 Å². The van der Waals surface area contributed by atoms with Crippen molar-refractivity contribution in [3.8, 4) is 11.8 Å². The average Bonchev–Trinajstić information content (AvgIpc) is 3.09. The van der Waals surface area contributed by atoms with Gasteiger partial charge in [0.15, 0.2) is 0 Å². The predicted molar refractivity (Wildman–Crippen MR) is 128 cm³/mol. The Labute approximate surface area is 183 Å². The fraction of sp³-hybridized carbons (Fsp3) is 0.586. The lowest BCUT2D eigenvalue weighted by molar-refractivity contribution is 0.0840. The number of hydrogen-bond donors (Lipinski definition) is 0. The second-order valence-electron chi connectivity index (χ2n) is 10.6. The van der Waals surface area contributed by atoms with E-state index in [0.717, 1.165) is 11.8 Å². The van der Waals surface area contributed by atoms with E-state index >= 15 is 0 Å². The molecule has 0 saturated heterocycles. The van der Waals surface area contributed by atoms with E-state index in [1.807, 2.05) is 12.5 Å². The van der Waals surface area contributed by atoms with Crippen molar-refractivity contribution >= 4 is 5.69 Å². The molecule has 0 aromatic heterocycles. The highest BCUT2D eigenvalue weighted by molar-refractivity contribution is 5.51. The maximum Gasteiger partial charge on any atom is 0.0361 e. The third-order valence-electron chi connectivity index (χ3n) is 8.93. The summed E-state index contributed by atoms with van der Waals surface area (Å²) in [6.45, 7) is 4.62. The van der Waals surface area contributed by atoms with Gasteiger partial charge in [-0.1, -0.05) is 36.6 Å². The molecule has 158 valence electrons. The maximum absolute atomic E-state index is 3.65. The van der Waals surface area contributed by atoms with Crippen LogP contribution in [0.4, 0.5) is 5.69 Å². The molecule has 0 radical (unpaired) electrons. The third kappa shape index (κ3) is 3.07. The van der Waals surface area contributed by atoms with E-state index in [2.05, 4.69) is 68.1 Å². The van der Waals surface area contributed by atoms with Crippen molar-refractivity contribution in [3.05, 3.63) is 52.6 Å². The molecule has 30 heavy (non-hydrogen) atoms. The van der Waals surface area contributed by atoms with Gasteiger partial charge in [0, 0.05) is 31.6 Å². The second-order valence-corrected chi connectivity index (χ2v) is 10.6. The summed E-state index contributed by atoms with van der Waals surface area (Å²) in [5.41, 5.74) is 8.51. The summed E-state index contributed by atoms with van der Waals surface area (Å²) in [4.78, 5) is 2.21. The minimum atomic E-state index is 0.360. The molecule has 1 heteroatoms. The molecule has 5 rings (SSSR count). The van der Waals surface area contributed by atoms with Crippen LogP contribution in [0.25, 0.3) is 0 Å². The third-order valence-corrected chi connectivity index (χ3v) is 8.93. The maximum atomic E-state index is 3.65. The minimum absolute atomic E-state index is 0.360. The van der Waals surface area contributed by atoms with Crippen molar-refractivity contribution in [2.24, 2.45) is 23.2 Å². The summed E-state index contributed by atoms with van der Waals surface area (Å²) in [5, 5.41) is 0. The Morgan fingerprint density at radius 1 is 1.03 bits per heavy atom. The molecule has 0 amide bonds. The Morgan fingerprint density at radius 3 is 2.57 bits per heavy atom. The molecule has 4 aliphatic rings. The van der Waals surface area contributed by atoms with Crippen LogP contribution in [0.5, 0.6) is 0 Å². The number of allylic oxidation sites excluding steroid dienone is 4. The molecule has 0 spiro atoms. The molecular weight excluding hydrogens is 362 g/mol. The Bertz CT molecular complexity index is 935. The summed E-state index contributed by atoms with van der Waals surface area (Å²) in [7, 11) is 4.27. The Balaban J connectivity index is 1.63. The van der Waals surface area contributed by atoms with Gasteiger partial charge in [0.25, 0.3) is 0 Å². The fourth-order valence-electron chi connectivity index (χ4n) is 7.48. The topological polar surface area (TPSA) is 3.24 Å². The average molecular weight is 400 g/mol. The molecule has 2 fully saturated rings.